The number of carbonyl (C=O) groups excluding carboxylic acids is 1. The molecular weight excluding hydrogens is 357 g/mol. The Hall–Kier alpha value is -2.89. The van der Waals surface area contributed by atoms with Crippen molar-refractivity contribution in [2.45, 2.75) is 38.0 Å². The average molecular weight is 381 g/mol. The SMILES string of the molecule is O=C(C[C@@H](Cc1ccccc1)c1cc2[nH]c(=O)[nH]c2cc1F)N1CCCCC1. The molecule has 5 nitrogen and oxygen atoms in total. The summed E-state index contributed by atoms with van der Waals surface area (Å²) in [6, 6.07) is 12.8. The van der Waals surface area contributed by atoms with Gasteiger partial charge in [0.05, 0.1) is 11.0 Å². The molecule has 0 saturated carbocycles. The fourth-order valence-corrected chi connectivity index (χ4v) is 4.06. The number of fused-ring (bicyclic) bond motifs is 1. The summed E-state index contributed by atoms with van der Waals surface area (Å²) in [5.41, 5.74) is 2.16. The summed E-state index contributed by atoms with van der Waals surface area (Å²) in [7, 11) is 0. The van der Waals surface area contributed by atoms with Crippen molar-refractivity contribution in [1.29, 1.82) is 0 Å². The summed E-state index contributed by atoms with van der Waals surface area (Å²) in [6.45, 7) is 1.56. The predicted molar refractivity (Wildman–Crippen MR) is 107 cm³/mol. The number of aromatic amines is 2. The maximum absolute atomic E-state index is 14.9. The number of hydrogen-bond donors (Lipinski definition) is 2. The summed E-state index contributed by atoms with van der Waals surface area (Å²) in [6.07, 6.45) is 4.03. The predicted octanol–water partition coefficient (Wildman–Crippen LogP) is 3.72. The van der Waals surface area contributed by atoms with Crippen molar-refractivity contribution in [3.05, 3.63) is 69.9 Å². The van der Waals surface area contributed by atoms with Gasteiger partial charge in [-0.2, -0.15) is 0 Å². The van der Waals surface area contributed by atoms with Gasteiger partial charge in [0, 0.05) is 19.5 Å². The van der Waals surface area contributed by atoms with E-state index in [1.807, 2.05) is 35.2 Å². The van der Waals surface area contributed by atoms with E-state index in [0.717, 1.165) is 37.9 Å². The topological polar surface area (TPSA) is 69.0 Å². The molecule has 146 valence electrons. The van der Waals surface area contributed by atoms with E-state index in [9.17, 15) is 14.0 Å². The molecule has 1 fully saturated rings. The molecule has 3 aromatic rings. The van der Waals surface area contributed by atoms with Gasteiger partial charge < -0.3 is 14.9 Å². The molecule has 0 unspecified atom stereocenters. The Morgan fingerprint density at radius 2 is 1.71 bits per heavy atom. The van der Waals surface area contributed by atoms with Gasteiger partial charge in [-0.3, -0.25) is 4.79 Å². The van der Waals surface area contributed by atoms with Crippen molar-refractivity contribution in [3.8, 4) is 0 Å². The Balaban J connectivity index is 1.66. The minimum absolute atomic E-state index is 0.0719. The number of halogens is 1. The van der Waals surface area contributed by atoms with Crippen molar-refractivity contribution in [3.63, 3.8) is 0 Å². The number of carbonyl (C=O) groups is 1. The Morgan fingerprint density at radius 1 is 1.04 bits per heavy atom. The summed E-state index contributed by atoms with van der Waals surface area (Å²) in [5.74, 6) is -0.613. The number of piperidine rings is 1. The van der Waals surface area contributed by atoms with Gasteiger partial charge >= 0.3 is 5.69 Å². The number of nitrogens with zero attached hydrogens (tertiary/aromatic N) is 1. The van der Waals surface area contributed by atoms with Crippen LogP contribution in [0.1, 0.15) is 42.7 Å². The highest BCUT2D eigenvalue weighted by atomic mass is 19.1. The third-order valence-corrected chi connectivity index (χ3v) is 5.53. The molecule has 1 amide bonds. The molecule has 1 aromatic heterocycles. The molecule has 4 rings (SSSR count). The number of H-pyrrole nitrogens is 2. The molecule has 2 heterocycles. The first-order valence-corrected chi connectivity index (χ1v) is 9.83. The van der Waals surface area contributed by atoms with Crippen LogP contribution in [0.4, 0.5) is 4.39 Å². The van der Waals surface area contributed by atoms with Crippen LogP contribution in [0, 0.1) is 5.82 Å². The zero-order valence-corrected chi connectivity index (χ0v) is 15.7. The van der Waals surface area contributed by atoms with Crippen molar-refractivity contribution in [2.24, 2.45) is 0 Å². The van der Waals surface area contributed by atoms with Crippen LogP contribution in [0.5, 0.6) is 0 Å². The normalized spacial score (nSPS) is 15.7. The zero-order chi connectivity index (χ0) is 19.5. The van der Waals surface area contributed by atoms with E-state index in [0.29, 0.717) is 23.0 Å². The van der Waals surface area contributed by atoms with Gasteiger partial charge in [0.15, 0.2) is 0 Å². The highest BCUT2D eigenvalue weighted by molar-refractivity contribution is 5.79. The molecule has 1 aliphatic heterocycles. The quantitative estimate of drug-likeness (QED) is 0.707. The van der Waals surface area contributed by atoms with Crippen LogP contribution in [-0.2, 0) is 11.2 Å². The summed E-state index contributed by atoms with van der Waals surface area (Å²) < 4.78 is 14.9. The van der Waals surface area contributed by atoms with Gasteiger partial charge in [0.1, 0.15) is 5.82 Å². The number of benzene rings is 2. The van der Waals surface area contributed by atoms with E-state index < -0.39 is 5.82 Å². The van der Waals surface area contributed by atoms with Gasteiger partial charge in [-0.05, 0) is 54.9 Å². The van der Waals surface area contributed by atoms with E-state index in [-0.39, 0.29) is 23.9 Å². The second-order valence-corrected chi connectivity index (χ2v) is 7.53. The standard InChI is InChI=1S/C22H24FN3O2/c23-18-14-20-19(24-22(28)25-20)13-17(18)16(11-15-7-3-1-4-8-15)12-21(27)26-9-5-2-6-10-26/h1,3-4,7-8,13-14,16H,2,5-6,9-12H2,(H2,24,25,28)/t16-/m1/s1. The first-order chi connectivity index (χ1) is 13.6. The molecule has 1 aliphatic rings. The van der Waals surface area contributed by atoms with Gasteiger partial charge in [0.2, 0.25) is 5.91 Å². The first-order valence-electron chi connectivity index (χ1n) is 9.83. The van der Waals surface area contributed by atoms with Crippen molar-refractivity contribution in [1.82, 2.24) is 14.9 Å². The molecule has 0 aliphatic carbocycles. The molecule has 0 radical (unpaired) electrons. The molecule has 1 saturated heterocycles. The molecule has 2 N–H and O–H groups in total. The monoisotopic (exact) mass is 381 g/mol. The van der Waals surface area contributed by atoms with Gasteiger partial charge in [-0.15, -0.1) is 0 Å². The maximum Gasteiger partial charge on any atom is 0.323 e. The van der Waals surface area contributed by atoms with E-state index in [2.05, 4.69) is 9.97 Å². The second kappa shape index (κ2) is 8.00. The van der Waals surface area contributed by atoms with Gasteiger partial charge in [0.25, 0.3) is 0 Å². The van der Waals surface area contributed by atoms with Crippen LogP contribution in [0.15, 0.2) is 47.3 Å². The maximum atomic E-state index is 14.9. The molecule has 1 atom stereocenters. The highest BCUT2D eigenvalue weighted by Crippen LogP contribution is 2.30. The minimum atomic E-state index is -0.393. The smallest absolute Gasteiger partial charge is 0.323 e. The molecular formula is C22H24FN3O2. The first kappa shape index (κ1) is 18.5. The fourth-order valence-electron chi connectivity index (χ4n) is 4.06. The summed E-state index contributed by atoms with van der Waals surface area (Å²) >= 11 is 0. The molecule has 0 spiro atoms. The Kier molecular flexibility index (Phi) is 5.28. The fraction of sp³-hybridized carbons (Fsp3) is 0.364. The Bertz CT molecular complexity index is 1020. The third-order valence-electron chi connectivity index (χ3n) is 5.53. The largest absolute Gasteiger partial charge is 0.343 e. The number of aromatic nitrogens is 2. The second-order valence-electron chi connectivity index (χ2n) is 7.53. The van der Waals surface area contributed by atoms with Crippen LogP contribution in [0.25, 0.3) is 11.0 Å². The lowest BCUT2D eigenvalue weighted by molar-refractivity contribution is -0.132. The van der Waals surface area contributed by atoms with Crippen LogP contribution in [-0.4, -0.2) is 33.9 Å². The average Bonchev–Trinajstić information content (AvgIpc) is 3.07. The summed E-state index contributed by atoms with van der Waals surface area (Å²) in [4.78, 5) is 31.6. The highest BCUT2D eigenvalue weighted by Gasteiger charge is 2.25. The number of amides is 1. The number of nitrogens with one attached hydrogen (secondary N) is 2. The molecule has 6 heteroatoms. The van der Waals surface area contributed by atoms with Gasteiger partial charge in [-0.1, -0.05) is 30.3 Å². The lowest BCUT2D eigenvalue weighted by Gasteiger charge is -2.29. The number of rotatable bonds is 5. The van der Waals surface area contributed by atoms with Crippen LogP contribution in [0.3, 0.4) is 0 Å². The number of imidazole rings is 1. The van der Waals surface area contributed by atoms with E-state index in [4.69, 9.17) is 0 Å². The van der Waals surface area contributed by atoms with Crippen LogP contribution >= 0.6 is 0 Å². The zero-order valence-electron chi connectivity index (χ0n) is 15.7. The molecule has 2 aromatic carbocycles. The lowest BCUT2D eigenvalue weighted by atomic mass is 9.88. The summed E-state index contributed by atoms with van der Waals surface area (Å²) in [5, 5.41) is 0. The molecule has 28 heavy (non-hydrogen) atoms. The van der Waals surface area contributed by atoms with Crippen LogP contribution < -0.4 is 5.69 Å². The van der Waals surface area contributed by atoms with Crippen molar-refractivity contribution >= 4 is 16.9 Å². The molecule has 0 bridgehead atoms. The van der Waals surface area contributed by atoms with E-state index in [1.165, 1.54) is 6.07 Å². The van der Waals surface area contributed by atoms with E-state index >= 15 is 0 Å². The van der Waals surface area contributed by atoms with Crippen molar-refractivity contribution in [2.75, 3.05) is 13.1 Å². The number of hydrogen-bond acceptors (Lipinski definition) is 2. The van der Waals surface area contributed by atoms with E-state index in [1.54, 1.807) is 6.07 Å². The number of likely N-dealkylation sites (tertiary alicyclic amines) is 1. The Morgan fingerprint density at radius 3 is 2.43 bits per heavy atom. The lowest BCUT2D eigenvalue weighted by Crippen LogP contribution is -2.36. The van der Waals surface area contributed by atoms with Crippen molar-refractivity contribution < 1.29 is 9.18 Å². The van der Waals surface area contributed by atoms with Gasteiger partial charge in [-0.25, -0.2) is 9.18 Å². The minimum Gasteiger partial charge on any atom is -0.343 e. The third kappa shape index (κ3) is 4.01. The Labute approximate surface area is 162 Å². The van der Waals surface area contributed by atoms with Crippen LogP contribution in [0.2, 0.25) is 0 Å².